The van der Waals surface area contributed by atoms with Gasteiger partial charge in [0.25, 0.3) is 0 Å². The van der Waals surface area contributed by atoms with Gasteiger partial charge < -0.3 is 11.5 Å². The topological polar surface area (TPSA) is 72.3 Å². The van der Waals surface area contributed by atoms with Crippen LogP contribution >= 0.6 is 0 Å². The van der Waals surface area contributed by atoms with Crippen LogP contribution in [0, 0.1) is 5.82 Å². The van der Waals surface area contributed by atoms with E-state index in [1.807, 2.05) is 0 Å². The highest BCUT2D eigenvalue weighted by Crippen LogP contribution is 2.20. The molecule has 0 bridgehead atoms. The van der Waals surface area contributed by atoms with Gasteiger partial charge in [0.15, 0.2) is 0 Å². The van der Waals surface area contributed by atoms with E-state index in [2.05, 4.69) is 11.8 Å². The molecule has 2 rings (SSSR count). The molecule has 1 aromatic rings. The molecule has 1 aliphatic rings. The summed E-state index contributed by atoms with van der Waals surface area (Å²) < 4.78 is 13.8. The molecule has 19 heavy (non-hydrogen) atoms. The van der Waals surface area contributed by atoms with Crippen LogP contribution in [0.4, 0.5) is 4.39 Å². The van der Waals surface area contributed by atoms with Crippen LogP contribution in [0.25, 0.3) is 0 Å². The predicted molar refractivity (Wildman–Crippen MR) is 72.0 cm³/mol. The SMILES string of the molecule is CC1CC(N)CCN1Cc1cc(C(N)=O)ccc1F. The van der Waals surface area contributed by atoms with Crippen LogP contribution in [-0.2, 0) is 6.54 Å². The number of hydrogen-bond donors (Lipinski definition) is 2. The molecule has 0 spiro atoms. The van der Waals surface area contributed by atoms with E-state index in [1.54, 1.807) is 6.07 Å². The van der Waals surface area contributed by atoms with E-state index in [4.69, 9.17) is 11.5 Å². The third-order valence-corrected chi connectivity index (χ3v) is 3.76. The molecule has 5 heteroatoms. The zero-order chi connectivity index (χ0) is 14.0. The summed E-state index contributed by atoms with van der Waals surface area (Å²) in [4.78, 5) is 13.3. The van der Waals surface area contributed by atoms with E-state index in [0.29, 0.717) is 23.7 Å². The fourth-order valence-corrected chi connectivity index (χ4v) is 2.56. The lowest BCUT2D eigenvalue weighted by Crippen LogP contribution is -2.45. The van der Waals surface area contributed by atoms with Crippen molar-refractivity contribution in [2.45, 2.75) is 38.4 Å². The van der Waals surface area contributed by atoms with Crippen molar-refractivity contribution in [3.05, 3.63) is 35.1 Å². The van der Waals surface area contributed by atoms with E-state index >= 15 is 0 Å². The maximum atomic E-state index is 13.8. The molecule has 1 aliphatic heterocycles. The molecule has 0 aliphatic carbocycles. The highest BCUT2D eigenvalue weighted by Gasteiger charge is 2.24. The Hall–Kier alpha value is -1.46. The van der Waals surface area contributed by atoms with E-state index in [9.17, 15) is 9.18 Å². The summed E-state index contributed by atoms with van der Waals surface area (Å²) in [6.45, 7) is 3.43. The van der Waals surface area contributed by atoms with Gasteiger partial charge in [-0.2, -0.15) is 0 Å². The van der Waals surface area contributed by atoms with Crippen molar-refractivity contribution in [2.75, 3.05) is 6.54 Å². The normalized spacial score (nSPS) is 24.4. The highest BCUT2D eigenvalue weighted by molar-refractivity contribution is 5.92. The van der Waals surface area contributed by atoms with Crippen LogP contribution in [0.3, 0.4) is 0 Å². The number of nitrogens with zero attached hydrogens (tertiary/aromatic N) is 1. The van der Waals surface area contributed by atoms with E-state index in [-0.39, 0.29) is 11.9 Å². The Morgan fingerprint density at radius 2 is 2.26 bits per heavy atom. The van der Waals surface area contributed by atoms with Gasteiger partial charge in [-0.25, -0.2) is 4.39 Å². The number of benzene rings is 1. The average molecular weight is 265 g/mol. The van der Waals surface area contributed by atoms with Crippen LogP contribution in [0.5, 0.6) is 0 Å². The summed E-state index contributed by atoms with van der Waals surface area (Å²) in [7, 11) is 0. The lowest BCUT2D eigenvalue weighted by molar-refractivity contribution is 0.1000. The highest BCUT2D eigenvalue weighted by atomic mass is 19.1. The quantitative estimate of drug-likeness (QED) is 0.863. The van der Waals surface area contributed by atoms with E-state index in [0.717, 1.165) is 19.4 Å². The van der Waals surface area contributed by atoms with Gasteiger partial charge in [-0.3, -0.25) is 9.69 Å². The first kappa shape index (κ1) is 14.0. The standard InChI is InChI=1S/C14H20FN3O/c1-9-6-12(16)4-5-18(9)8-11-7-10(14(17)19)2-3-13(11)15/h2-3,7,9,12H,4-6,8,16H2,1H3,(H2,17,19). The second kappa shape index (κ2) is 5.67. The number of piperidine rings is 1. The number of rotatable bonds is 3. The maximum Gasteiger partial charge on any atom is 0.248 e. The Morgan fingerprint density at radius 1 is 1.53 bits per heavy atom. The lowest BCUT2D eigenvalue weighted by atomic mass is 9.98. The number of carbonyl (C=O) groups is 1. The van der Waals surface area contributed by atoms with Crippen molar-refractivity contribution in [3.8, 4) is 0 Å². The van der Waals surface area contributed by atoms with Gasteiger partial charge in [-0.15, -0.1) is 0 Å². The van der Waals surface area contributed by atoms with Crippen molar-refractivity contribution in [1.29, 1.82) is 0 Å². The molecule has 1 fully saturated rings. The Labute approximate surface area is 112 Å². The first-order valence-electron chi connectivity index (χ1n) is 6.55. The first-order chi connectivity index (χ1) is 8.97. The van der Waals surface area contributed by atoms with Gasteiger partial charge in [0, 0.05) is 36.3 Å². The zero-order valence-corrected chi connectivity index (χ0v) is 11.1. The van der Waals surface area contributed by atoms with Crippen LogP contribution in [0.15, 0.2) is 18.2 Å². The van der Waals surface area contributed by atoms with Crippen LogP contribution in [0.1, 0.15) is 35.7 Å². The first-order valence-corrected chi connectivity index (χ1v) is 6.55. The maximum absolute atomic E-state index is 13.8. The molecule has 104 valence electrons. The number of primary amides is 1. The lowest BCUT2D eigenvalue weighted by Gasteiger charge is -2.36. The van der Waals surface area contributed by atoms with Crippen molar-refractivity contribution >= 4 is 5.91 Å². The summed E-state index contributed by atoms with van der Waals surface area (Å²) >= 11 is 0. The molecule has 1 heterocycles. The summed E-state index contributed by atoms with van der Waals surface area (Å²) in [5.74, 6) is -0.831. The largest absolute Gasteiger partial charge is 0.366 e. The second-order valence-corrected chi connectivity index (χ2v) is 5.27. The van der Waals surface area contributed by atoms with Crippen LogP contribution in [0.2, 0.25) is 0 Å². The molecule has 2 unspecified atom stereocenters. The number of hydrogen-bond acceptors (Lipinski definition) is 3. The number of likely N-dealkylation sites (tertiary alicyclic amines) is 1. The molecule has 0 radical (unpaired) electrons. The third-order valence-electron chi connectivity index (χ3n) is 3.76. The number of carbonyl (C=O) groups excluding carboxylic acids is 1. The van der Waals surface area contributed by atoms with Gasteiger partial charge in [0.05, 0.1) is 0 Å². The molecule has 4 nitrogen and oxygen atoms in total. The minimum absolute atomic E-state index is 0.230. The van der Waals surface area contributed by atoms with Crippen LogP contribution < -0.4 is 11.5 Å². The molecule has 1 saturated heterocycles. The molecule has 1 aromatic carbocycles. The molecular weight excluding hydrogens is 245 g/mol. The summed E-state index contributed by atoms with van der Waals surface area (Å²) in [6.07, 6.45) is 1.83. The Kier molecular flexibility index (Phi) is 4.17. The molecule has 4 N–H and O–H groups in total. The van der Waals surface area contributed by atoms with Gasteiger partial charge in [0.2, 0.25) is 5.91 Å². The Bertz CT molecular complexity index is 478. The van der Waals surface area contributed by atoms with E-state index in [1.165, 1.54) is 12.1 Å². The molecular formula is C14H20FN3O. The zero-order valence-electron chi connectivity index (χ0n) is 11.1. The predicted octanol–water partition coefficient (Wildman–Crippen LogP) is 1.24. The number of halogens is 1. The smallest absolute Gasteiger partial charge is 0.248 e. The van der Waals surface area contributed by atoms with E-state index < -0.39 is 5.91 Å². The van der Waals surface area contributed by atoms with Gasteiger partial charge in [0.1, 0.15) is 5.82 Å². The fraction of sp³-hybridized carbons (Fsp3) is 0.500. The third kappa shape index (κ3) is 3.30. The monoisotopic (exact) mass is 265 g/mol. The number of amides is 1. The van der Waals surface area contributed by atoms with Crippen molar-refractivity contribution < 1.29 is 9.18 Å². The summed E-state index contributed by atoms with van der Waals surface area (Å²) in [6, 6.07) is 4.80. The second-order valence-electron chi connectivity index (χ2n) is 5.27. The summed E-state index contributed by atoms with van der Waals surface area (Å²) in [5.41, 5.74) is 12.0. The van der Waals surface area contributed by atoms with Gasteiger partial charge >= 0.3 is 0 Å². The van der Waals surface area contributed by atoms with Gasteiger partial charge in [-0.05, 0) is 38.0 Å². The molecule has 1 amide bonds. The number of nitrogens with two attached hydrogens (primary N) is 2. The average Bonchev–Trinajstić information content (AvgIpc) is 2.34. The molecule has 2 atom stereocenters. The van der Waals surface area contributed by atoms with Gasteiger partial charge in [-0.1, -0.05) is 0 Å². The fourth-order valence-electron chi connectivity index (χ4n) is 2.56. The van der Waals surface area contributed by atoms with Crippen molar-refractivity contribution in [3.63, 3.8) is 0 Å². The Balaban J connectivity index is 2.14. The molecule has 0 aromatic heterocycles. The summed E-state index contributed by atoms with van der Waals surface area (Å²) in [5, 5.41) is 0. The van der Waals surface area contributed by atoms with Crippen molar-refractivity contribution in [2.24, 2.45) is 11.5 Å². The minimum Gasteiger partial charge on any atom is -0.366 e. The Morgan fingerprint density at radius 3 is 2.89 bits per heavy atom. The van der Waals surface area contributed by atoms with Crippen LogP contribution in [-0.4, -0.2) is 29.4 Å². The van der Waals surface area contributed by atoms with Crippen molar-refractivity contribution in [1.82, 2.24) is 4.90 Å². The molecule has 0 saturated carbocycles. The minimum atomic E-state index is -0.532.